The van der Waals surface area contributed by atoms with Crippen molar-refractivity contribution in [2.45, 2.75) is 20.0 Å². The van der Waals surface area contributed by atoms with Crippen LogP contribution in [0, 0.1) is 0 Å². The van der Waals surface area contributed by atoms with Crippen molar-refractivity contribution in [2.24, 2.45) is 0 Å². The third kappa shape index (κ3) is 4.14. The van der Waals surface area contributed by atoms with Crippen LogP contribution in [0.3, 0.4) is 0 Å². The molecule has 1 amide bonds. The predicted molar refractivity (Wildman–Crippen MR) is 98.8 cm³/mol. The maximum atomic E-state index is 12.3. The van der Waals surface area contributed by atoms with Gasteiger partial charge in [0.15, 0.2) is 11.5 Å². The normalized spacial score (nSPS) is 16.3. The molecule has 1 aliphatic rings. The van der Waals surface area contributed by atoms with E-state index >= 15 is 0 Å². The summed E-state index contributed by atoms with van der Waals surface area (Å²) in [7, 11) is 1.59. The quantitative estimate of drug-likeness (QED) is 0.443. The maximum absolute atomic E-state index is 12.3. The molecule has 1 heterocycles. The van der Waals surface area contributed by atoms with Gasteiger partial charge in [-0.25, -0.2) is 0 Å². The van der Waals surface area contributed by atoms with Crippen molar-refractivity contribution in [3.05, 3.63) is 41.3 Å². The fourth-order valence-corrected chi connectivity index (χ4v) is 3.34. The minimum absolute atomic E-state index is 0.0601. The van der Waals surface area contributed by atoms with Crippen LogP contribution >= 0.6 is 24.0 Å². The summed E-state index contributed by atoms with van der Waals surface area (Å²) in [5.74, 6) is 1.22. The highest BCUT2D eigenvalue weighted by atomic mass is 32.2. The minimum atomic E-state index is -0.0960. The summed E-state index contributed by atoms with van der Waals surface area (Å²) in [4.78, 5) is 14.5. The van der Waals surface area contributed by atoms with E-state index in [1.807, 2.05) is 38.1 Å². The highest BCUT2D eigenvalue weighted by Gasteiger charge is 2.30. The molecule has 0 radical (unpaired) electrons. The number of carbonyl (C=O) groups is 1. The van der Waals surface area contributed by atoms with Crippen LogP contribution in [0.5, 0.6) is 11.5 Å². The number of ether oxygens (including phenoxy) is 2. The number of amides is 1. The number of thiocarbonyl (C=S) groups is 1. The minimum Gasteiger partial charge on any atom is -0.493 e. The molecular formula is C17H19NO3S2. The van der Waals surface area contributed by atoms with Crippen LogP contribution in [0.25, 0.3) is 6.08 Å². The number of hydrogen-bond acceptors (Lipinski definition) is 5. The second kappa shape index (κ2) is 7.66. The Morgan fingerprint density at radius 2 is 2.13 bits per heavy atom. The second-order valence-corrected chi connectivity index (χ2v) is 6.83. The van der Waals surface area contributed by atoms with Gasteiger partial charge in [-0.3, -0.25) is 9.69 Å². The van der Waals surface area contributed by atoms with Gasteiger partial charge in [0, 0.05) is 6.54 Å². The molecule has 122 valence electrons. The molecule has 0 aliphatic carbocycles. The van der Waals surface area contributed by atoms with Crippen LogP contribution in [-0.4, -0.2) is 34.9 Å². The molecule has 0 bridgehead atoms. The van der Waals surface area contributed by atoms with Gasteiger partial charge in [-0.1, -0.05) is 36.1 Å². The van der Waals surface area contributed by atoms with Crippen molar-refractivity contribution in [3.63, 3.8) is 0 Å². The van der Waals surface area contributed by atoms with Gasteiger partial charge in [0.1, 0.15) is 4.32 Å². The van der Waals surface area contributed by atoms with Crippen molar-refractivity contribution in [1.29, 1.82) is 0 Å². The Morgan fingerprint density at radius 3 is 2.74 bits per heavy atom. The molecule has 0 atom stereocenters. The molecule has 1 aliphatic heterocycles. The van der Waals surface area contributed by atoms with Crippen molar-refractivity contribution in [2.75, 3.05) is 13.7 Å². The summed E-state index contributed by atoms with van der Waals surface area (Å²) in [6.07, 6.45) is 3.53. The highest BCUT2D eigenvalue weighted by molar-refractivity contribution is 8.26. The first-order valence-electron chi connectivity index (χ1n) is 7.17. The molecule has 2 rings (SSSR count). The Kier molecular flexibility index (Phi) is 5.85. The van der Waals surface area contributed by atoms with E-state index in [2.05, 4.69) is 6.58 Å². The van der Waals surface area contributed by atoms with Gasteiger partial charge in [0.05, 0.1) is 18.1 Å². The predicted octanol–water partition coefficient (Wildman–Crippen LogP) is 3.87. The van der Waals surface area contributed by atoms with Crippen molar-refractivity contribution < 1.29 is 14.3 Å². The molecule has 0 saturated carbocycles. The molecule has 0 aromatic heterocycles. The zero-order valence-electron chi connectivity index (χ0n) is 13.4. The van der Waals surface area contributed by atoms with Crippen LogP contribution in [0.2, 0.25) is 0 Å². The summed E-state index contributed by atoms with van der Waals surface area (Å²) in [6, 6.07) is 5.58. The molecule has 6 heteroatoms. The molecule has 1 saturated heterocycles. The van der Waals surface area contributed by atoms with Crippen molar-refractivity contribution in [3.8, 4) is 11.5 Å². The smallest absolute Gasteiger partial charge is 0.266 e. The van der Waals surface area contributed by atoms with Gasteiger partial charge < -0.3 is 9.47 Å². The number of hydrogen-bond donors (Lipinski definition) is 0. The van der Waals surface area contributed by atoms with Crippen LogP contribution in [0.4, 0.5) is 0 Å². The van der Waals surface area contributed by atoms with Gasteiger partial charge in [-0.15, -0.1) is 6.58 Å². The van der Waals surface area contributed by atoms with E-state index in [0.717, 1.165) is 5.56 Å². The molecule has 1 fully saturated rings. The lowest BCUT2D eigenvalue weighted by molar-refractivity contribution is -0.121. The fourth-order valence-electron chi connectivity index (χ4n) is 2.06. The van der Waals surface area contributed by atoms with Gasteiger partial charge in [0.2, 0.25) is 0 Å². The number of rotatable bonds is 6. The molecule has 23 heavy (non-hydrogen) atoms. The van der Waals surface area contributed by atoms with Gasteiger partial charge in [-0.05, 0) is 37.6 Å². The van der Waals surface area contributed by atoms with Crippen LogP contribution in [-0.2, 0) is 4.79 Å². The average molecular weight is 349 g/mol. The van der Waals surface area contributed by atoms with Crippen molar-refractivity contribution >= 4 is 40.3 Å². The van der Waals surface area contributed by atoms with E-state index in [1.165, 1.54) is 16.7 Å². The number of benzene rings is 1. The first-order chi connectivity index (χ1) is 11.0. The van der Waals surface area contributed by atoms with E-state index in [1.54, 1.807) is 13.2 Å². The highest BCUT2D eigenvalue weighted by Crippen LogP contribution is 2.34. The summed E-state index contributed by atoms with van der Waals surface area (Å²) in [5.41, 5.74) is 0.858. The van der Waals surface area contributed by atoms with Gasteiger partial charge in [0.25, 0.3) is 5.91 Å². The lowest BCUT2D eigenvalue weighted by atomic mass is 10.2. The largest absolute Gasteiger partial charge is 0.493 e. The average Bonchev–Trinajstić information content (AvgIpc) is 2.76. The molecular weight excluding hydrogens is 330 g/mol. The Morgan fingerprint density at radius 1 is 1.39 bits per heavy atom. The van der Waals surface area contributed by atoms with Crippen LogP contribution in [0.1, 0.15) is 19.4 Å². The Bertz CT molecular complexity index is 668. The first kappa shape index (κ1) is 17.6. The lowest BCUT2D eigenvalue weighted by Gasteiger charge is -2.14. The lowest BCUT2D eigenvalue weighted by Crippen LogP contribution is -2.27. The SMILES string of the molecule is C=CCN1C(=O)/C(=C/c2ccc(OC(C)C)c(OC)c2)SC1=S. The van der Waals surface area contributed by atoms with Crippen LogP contribution in [0.15, 0.2) is 35.8 Å². The van der Waals surface area contributed by atoms with Crippen molar-refractivity contribution in [1.82, 2.24) is 4.90 Å². The number of methoxy groups -OCH3 is 1. The Hall–Kier alpha value is -1.79. The Balaban J connectivity index is 2.27. The zero-order valence-corrected chi connectivity index (χ0v) is 15.0. The topological polar surface area (TPSA) is 38.8 Å². The third-order valence-electron chi connectivity index (χ3n) is 3.03. The van der Waals surface area contributed by atoms with E-state index in [4.69, 9.17) is 21.7 Å². The summed E-state index contributed by atoms with van der Waals surface area (Å²) in [5, 5.41) is 0. The molecule has 1 aromatic carbocycles. The summed E-state index contributed by atoms with van der Waals surface area (Å²) < 4.78 is 11.6. The molecule has 0 N–H and O–H groups in total. The van der Waals surface area contributed by atoms with E-state index in [9.17, 15) is 4.79 Å². The standard InChI is InChI=1S/C17H19NO3S2/c1-5-8-18-16(19)15(23-17(18)22)10-12-6-7-13(21-11(2)3)14(9-12)20-4/h5-7,9-11H,1,8H2,2-4H3/b15-10-. The van der Waals surface area contributed by atoms with Gasteiger partial charge in [-0.2, -0.15) is 0 Å². The number of carbonyl (C=O) groups excluding carboxylic acids is 1. The molecule has 1 aromatic rings. The summed E-state index contributed by atoms with van der Waals surface area (Å²) >= 11 is 6.52. The Labute approximate surface area is 146 Å². The van der Waals surface area contributed by atoms with Crippen LogP contribution < -0.4 is 9.47 Å². The molecule has 0 spiro atoms. The number of thioether (sulfide) groups is 1. The first-order valence-corrected chi connectivity index (χ1v) is 8.39. The monoisotopic (exact) mass is 349 g/mol. The third-order valence-corrected chi connectivity index (χ3v) is 4.41. The second-order valence-electron chi connectivity index (χ2n) is 5.16. The van der Waals surface area contributed by atoms with E-state index in [0.29, 0.717) is 27.3 Å². The fraction of sp³-hybridized carbons (Fsp3) is 0.294. The summed E-state index contributed by atoms with van der Waals surface area (Å²) in [6.45, 7) is 7.98. The van der Waals surface area contributed by atoms with E-state index < -0.39 is 0 Å². The maximum Gasteiger partial charge on any atom is 0.266 e. The van der Waals surface area contributed by atoms with Gasteiger partial charge >= 0.3 is 0 Å². The molecule has 0 unspecified atom stereocenters. The molecule has 4 nitrogen and oxygen atoms in total. The van der Waals surface area contributed by atoms with E-state index in [-0.39, 0.29) is 12.0 Å². The number of nitrogens with zero attached hydrogens (tertiary/aromatic N) is 1. The zero-order chi connectivity index (χ0) is 17.0.